The molecular weight excluding hydrogens is 465 g/mol. The van der Waals surface area contributed by atoms with E-state index in [4.69, 9.17) is 9.47 Å². The zero-order chi connectivity index (χ0) is 25.2. The monoisotopic (exact) mass is 487 g/mol. The van der Waals surface area contributed by atoms with Crippen LogP contribution < -0.4 is 25.9 Å². The van der Waals surface area contributed by atoms with Crippen LogP contribution in [0.15, 0.2) is 115 Å². The molecule has 3 heterocycles. The number of aromatic nitrogens is 1. The van der Waals surface area contributed by atoms with E-state index in [0.717, 1.165) is 56.1 Å². The zero-order valence-electron chi connectivity index (χ0n) is 20.8. The summed E-state index contributed by atoms with van der Waals surface area (Å²) >= 11 is 0. The fraction of sp³-hybridized carbons (Fsp3) is 0.0294. The number of aryl methyl sites for hydroxylation is 1. The molecule has 0 radical (unpaired) electrons. The molecule has 0 bridgehead atoms. The van der Waals surface area contributed by atoms with Crippen molar-refractivity contribution < 1.29 is 9.47 Å². The summed E-state index contributed by atoms with van der Waals surface area (Å²) in [5.41, 5.74) is 8.90. The Hall–Kier alpha value is -4.83. The molecule has 38 heavy (non-hydrogen) atoms. The summed E-state index contributed by atoms with van der Waals surface area (Å²) in [5, 5.41) is 2.29. The van der Waals surface area contributed by atoms with Crippen LogP contribution in [-0.2, 0) is 0 Å². The molecule has 0 fully saturated rings. The highest BCUT2D eigenvalue weighted by atomic mass is 16.5. The van der Waals surface area contributed by atoms with Gasteiger partial charge >= 0.3 is 0 Å². The van der Waals surface area contributed by atoms with Gasteiger partial charge in [0.1, 0.15) is 23.0 Å². The van der Waals surface area contributed by atoms with Crippen molar-refractivity contribution >= 4 is 33.9 Å². The molecule has 4 heteroatoms. The number of rotatable bonds is 2. The Morgan fingerprint density at radius 3 is 2.24 bits per heavy atom. The Kier molecular flexibility index (Phi) is 4.53. The first-order valence-electron chi connectivity index (χ1n) is 12.9. The van der Waals surface area contributed by atoms with E-state index in [0.29, 0.717) is 0 Å². The summed E-state index contributed by atoms with van der Waals surface area (Å²) in [6.45, 7) is 2.02. The fourth-order valence-electron chi connectivity index (χ4n) is 5.93. The predicted octanol–water partition coefficient (Wildman–Crippen LogP) is 6.60. The maximum atomic E-state index is 6.76. The number of pyridine rings is 1. The molecule has 5 aromatic carbocycles. The lowest BCUT2D eigenvalue weighted by atomic mass is 9.34. The third-order valence-corrected chi connectivity index (χ3v) is 7.70. The minimum atomic E-state index is 0.00833. The highest BCUT2D eigenvalue weighted by Gasteiger charge is 2.41. The normalized spacial score (nSPS) is 12.7. The third-order valence-electron chi connectivity index (χ3n) is 7.70. The first-order chi connectivity index (χ1) is 18.7. The Bertz CT molecular complexity index is 1900. The van der Waals surface area contributed by atoms with Gasteiger partial charge in [-0.15, -0.1) is 0 Å². The molecule has 0 saturated heterocycles. The molecule has 8 rings (SSSR count). The van der Waals surface area contributed by atoms with Crippen molar-refractivity contribution in [3.8, 4) is 45.3 Å². The standard InChI is InChI=1S/C34H22BNO2/c1-21-17-25(15-16-36-21)26-19-31-33-32(20-26)38-34-27-10-6-5-9-23(27)11-13-28(34)35(33)29-18-24(12-14-30(29)37-31)22-7-3-2-4-8-22/h2-20H,1H3. The van der Waals surface area contributed by atoms with Crippen LogP contribution >= 0.6 is 0 Å². The van der Waals surface area contributed by atoms with Gasteiger partial charge in [0, 0.05) is 22.7 Å². The number of ether oxygens (including phenoxy) is 2. The van der Waals surface area contributed by atoms with Gasteiger partial charge in [-0.05, 0) is 75.8 Å². The van der Waals surface area contributed by atoms with Crippen LogP contribution in [0, 0.1) is 6.92 Å². The lowest BCUT2D eigenvalue weighted by Gasteiger charge is -2.34. The molecule has 0 atom stereocenters. The molecule has 6 aromatic rings. The van der Waals surface area contributed by atoms with Crippen molar-refractivity contribution in [2.24, 2.45) is 0 Å². The van der Waals surface area contributed by atoms with E-state index in [9.17, 15) is 0 Å². The van der Waals surface area contributed by atoms with Gasteiger partial charge in [0.2, 0.25) is 0 Å². The van der Waals surface area contributed by atoms with Gasteiger partial charge < -0.3 is 9.47 Å². The van der Waals surface area contributed by atoms with E-state index in [1.54, 1.807) is 0 Å². The molecule has 0 amide bonds. The van der Waals surface area contributed by atoms with Crippen LogP contribution in [0.5, 0.6) is 23.0 Å². The largest absolute Gasteiger partial charge is 0.458 e. The first kappa shape index (κ1) is 21.3. The molecule has 0 spiro atoms. The average Bonchev–Trinajstić information content (AvgIpc) is 2.97. The quantitative estimate of drug-likeness (QED) is 0.258. The van der Waals surface area contributed by atoms with Crippen molar-refractivity contribution in [2.45, 2.75) is 6.92 Å². The van der Waals surface area contributed by atoms with Crippen LogP contribution in [0.4, 0.5) is 0 Å². The smallest absolute Gasteiger partial charge is 0.260 e. The average molecular weight is 487 g/mol. The molecule has 1 aromatic heterocycles. The van der Waals surface area contributed by atoms with Crippen LogP contribution in [0.3, 0.4) is 0 Å². The van der Waals surface area contributed by atoms with Gasteiger partial charge in [0.25, 0.3) is 6.71 Å². The molecule has 0 aliphatic carbocycles. The van der Waals surface area contributed by atoms with Crippen LogP contribution in [0.2, 0.25) is 0 Å². The molecule has 3 nitrogen and oxygen atoms in total. The topological polar surface area (TPSA) is 31.4 Å². The van der Waals surface area contributed by atoms with E-state index in [2.05, 4.69) is 108 Å². The summed E-state index contributed by atoms with van der Waals surface area (Å²) in [7, 11) is 0. The zero-order valence-corrected chi connectivity index (χ0v) is 20.8. The predicted molar refractivity (Wildman–Crippen MR) is 155 cm³/mol. The number of hydrogen-bond donors (Lipinski definition) is 0. The Labute approximate surface area is 221 Å². The molecular formula is C34H22BNO2. The van der Waals surface area contributed by atoms with Gasteiger partial charge in [-0.2, -0.15) is 0 Å². The summed E-state index contributed by atoms with van der Waals surface area (Å²) in [6.07, 6.45) is 1.85. The summed E-state index contributed by atoms with van der Waals surface area (Å²) < 4.78 is 13.4. The van der Waals surface area contributed by atoms with E-state index < -0.39 is 0 Å². The third kappa shape index (κ3) is 3.20. The number of benzene rings is 5. The Morgan fingerprint density at radius 1 is 0.579 bits per heavy atom. The summed E-state index contributed by atoms with van der Waals surface area (Å²) in [4.78, 5) is 4.38. The number of fused-ring (bicyclic) bond motifs is 6. The Morgan fingerprint density at radius 2 is 1.37 bits per heavy atom. The van der Waals surface area contributed by atoms with Gasteiger partial charge in [0.05, 0.1) is 0 Å². The maximum Gasteiger partial charge on any atom is 0.260 e. The van der Waals surface area contributed by atoms with Crippen molar-refractivity contribution in [1.29, 1.82) is 0 Å². The van der Waals surface area contributed by atoms with Gasteiger partial charge in [-0.25, -0.2) is 0 Å². The fourth-order valence-corrected chi connectivity index (χ4v) is 5.93. The number of hydrogen-bond acceptors (Lipinski definition) is 3. The Balaban J connectivity index is 1.40. The van der Waals surface area contributed by atoms with Gasteiger partial charge in [-0.1, -0.05) is 78.9 Å². The van der Waals surface area contributed by atoms with Crippen molar-refractivity contribution in [3.05, 3.63) is 121 Å². The molecule has 2 aliphatic heterocycles. The minimum Gasteiger partial charge on any atom is -0.458 e. The first-order valence-corrected chi connectivity index (χ1v) is 12.9. The van der Waals surface area contributed by atoms with Crippen LogP contribution in [0.1, 0.15) is 5.69 Å². The second kappa shape index (κ2) is 8.09. The van der Waals surface area contributed by atoms with E-state index in [1.807, 2.05) is 19.2 Å². The van der Waals surface area contributed by atoms with E-state index >= 15 is 0 Å². The SMILES string of the molecule is Cc1cc(-c2cc3c4c(c2)Oc2c(ccc5ccccc25)B4c2cc(-c4ccccc4)ccc2O3)ccn1. The van der Waals surface area contributed by atoms with Gasteiger partial charge in [0.15, 0.2) is 0 Å². The van der Waals surface area contributed by atoms with E-state index in [1.165, 1.54) is 22.0 Å². The van der Waals surface area contributed by atoms with Crippen LogP contribution in [0.25, 0.3) is 33.0 Å². The van der Waals surface area contributed by atoms with Crippen molar-refractivity contribution in [3.63, 3.8) is 0 Å². The highest BCUT2D eigenvalue weighted by molar-refractivity contribution is 6.98. The minimum absolute atomic E-state index is 0.00833. The summed E-state index contributed by atoms with van der Waals surface area (Å²) in [5.74, 6) is 3.50. The van der Waals surface area contributed by atoms with Crippen molar-refractivity contribution in [1.82, 2.24) is 4.98 Å². The lowest BCUT2D eigenvalue weighted by Crippen LogP contribution is -2.57. The summed E-state index contributed by atoms with van der Waals surface area (Å²) in [6, 6.07) is 38.4. The van der Waals surface area contributed by atoms with Gasteiger partial charge in [-0.3, -0.25) is 4.98 Å². The van der Waals surface area contributed by atoms with E-state index in [-0.39, 0.29) is 6.71 Å². The van der Waals surface area contributed by atoms with Crippen molar-refractivity contribution in [2.75, 3.05) is 0 Å². The van der Waals surface area contributed by atoms with Crippen LogP contribution in [-0.4, -0.2) is 11.7 Å². The molecule has 0 N–H and O–H groups in total. The second-order valence-corrected chi connectivity index (χ2v) is 10.0. The molecule has 2 aliphatic rings. The second-order valence-electron chi connectivity index (χ2n) is 10.0. The maximum absolute atomic E-state index is 6.76. The molecule has 0 unspecified atom stereocenters. The lowest BCUT2D eigenvalue weighted by molar-refractivity contribution is 0.467. The molecule has 0 saturated carbocycles. The molecule has 178 valence electrons. The highest BCUT2D eigenvalue weighted by Crippen LogP contribution is 2.40. The number of nitrogens with zero attached hydrogens (tertiary/aromatic N) is 1.